The normalized spacial score (nSPS) is 15.3. The second-order valence-electron chi connectivity index (χ2n) is 6.60. The number of hydrogen-bond donors (Lipinski definition) is 0. The summed E-state index contributed by atoms with van der Waals surface area (Å²) < 4.78 is 5.77. The Labute approximate surface area is 166 Å². The van der Waals surface area contributed by atoms with E-state index in [-0.39, 0.29) is 0 Å². The van der Waals surface area contributed by atoms with Gasteiger partial charge in [-0.1, -0.05) is 41.4 Å². The Kier molecular flexibility index (Phi) is 7.07. The van der Waals surface area contributed by atoms with Crippen molar-refractivity contribution in [3.8, 4) is 5.75 Å². The molecule has 1 saturated heterocycles. The zero-order valence-corrected chi connectivity index (χ0v) is 16.5. The Bertz CT molecular complexity index is 698. The highest BCUT2D eigenvalue weighted by atomic mass is 35.5. The van der Waals surface area contributed by atoms with E-state index in [9.17, 15) is 0 Å². The lowest BCUT2D eigenvalue weighted by Crippen LogP contribution is -2.46. The van der Waals surface area contributed by atoms with Gasteiger partial charge < -0.3 is 9.64 Å². The third kappa shape index (κ3) is 5.29. The summed E-state index contributed by atoms with van der Waals surface area (Å²) in [5, 5.41) is 1.28. The minimum atomic E-state index is 0.622. The molecule has 0 aliphatic carbocycles. The second kappa shape index (κ2) is 9.50. The molecule has 0 unspecified atom stereocenters. The van der Waals surface area contributed by atoms with Gasteiger partial charge in [0.1, 0.15) is 5.75 Å². The van der Waals surface area contributed by atoms with Gasteiger partial charge in [-0.05, 0) is 56.1 Å². The Morgan fingerprint density at radius 2 is 1.65 bits per heavy atom. The van der Waals surface area contributed by atoms with Crippen molar-refractivity contribution in [1.29, 1.82) is 0 Å². The SMILES string of the molecule is [CH2]c1ccc(OCCCCN2CCN(c3cccc(Cl)c3Cl)CC2)cc1. The summed E-state index contributed by atoms with van der Waals surface area (Å²) >= 11 is 12.5. The number of benzene rings is 2. The van der Waals surface area contributed by atoms with E-state index in [4.69, 9.17) is 27.9 Å². The predicted octanol–water partition coefficient (Wildman–Crippen LogP) is 5.16. The fourth-order valence-corrected chi connectivity index (χ4v) is 3.58. The number of ether oxygens (including phenoxy) is 1. The lowest BCUT2D eigenvalue weighted by atomic mass is 10.2. The van der Waals surface area contributed by atoms with Crippen LogP contribution in [0.4, 0.5) is 5.69 Å². The molecule has 1 radical (unpaired) electrons. The van der Waals surface area contributed by atoms with Gasteiger partial charge in [-0.15, -0.1) is 0 Å². The maximum atomic E-state index is 6.34. The molecule has 0 spiro atoms. The first kappa shape index (κ1) is 19.3. The smallest absolute Gasteiger partial charge is 0.119 e. The van der Waals surface area contributed by atoms with Gasteiger partial charge in [0.05, 0.1) is 22.3 Å². The van der Waals surface area contributed by atoms with Crippen molar-refractivity contribution in [1.82, 2.24) is 4.90 Å². The highest BCUT2D eigenvalue weighted by molar-refractivity contribution is 6.43. The van der Waals surface area contributed by atoms with Crippen molar-refractivity contribution in [2.75, 3.05) is 44.2 Å². The molecule has 3 nitrogen and oxygen atoms in total. The summed E-state index contributed by atoms with van der Waals surface area (Å²) in [5.41, 5.74) is 2.05. The number of rotatable bonds is 7. The van der Waals surface area contributed by atoms with Gasteiger partial charge in [-0.3, -0.25) is 4.90 Å². The summed E-state index contributed by atoms with van der Waals surface area (Å²) in [7, 11) is 0. The molecule has 0 bridgehead atoms. The molecular formula is C21H25Cl2N2O. The summed E-state index contributed by atoms with van der Waals surface area (Å²) in [6.07, 6.45) is 2.21. The molecule has 2 aromatic rings. The van der Waals surface area contributed by atoms with Crippen LogP contribution in [0.5, 0.6) is 5.75 Å². The molecule has 1 fully saturated rings. The largest absolute Gasteiger partial charge is 0.494 e. The number of piperazine rings is 1. The monoisotopic (exact) mass is 391 g/mol. The van der Waals surface area contributed by atoms with Crippen LogP contribution < -0.4 is 9.64 Å². The van der Waals surface area contributed by atoms with Crippen LogP contribution in [-0.2, 0) is 0 Å². The van der Waals surface area contributed by atoms with E-state index in [1.165, 1.54) is 0 Å². The number of unbranched alkanes of at least 4 members (excludes halogenated alkanes) is 1. The van der Waals surface area contributed by atoms with Crippen molar-refractivity contribution in [3.05, 3.63) is 65.0 Å². The van der Waals surface area contributed by atoms with Crippen LogP contribution in [0.2, 0.25) is 10.0 Å². The minimum Gasteiger partial charge on any atom is -0.494 e. The van der Waals surface area contributed by atoms with Crippen molar-refractivity contribution in [2.45, 2.75) is 12.8 Å². The fourth-order valence-electron chi connectivity index (χ4n) is 3.16. The van der Waals surface area contributed by atoms with Gasteiger partial charge in [-0.2, -0.15) is 0 Å². The number of nitrogens with zero attached hydrogens (tertiary/aromatic N) is 2. The summed E-state index contributed by atoms with van der Waals surface area (Å²) in [6, 6.07) is 13.7. The zero-order valence-electron chi connectivity index (χ0n) is 15.0. The number of hydrogen-bond acceptors (Lipinski definition) is 3. The first-order valence-corrected chi connectivity index (χ1v) is 9.85. The molecule has 0 saturated carbocycles. The van der Waals surface area contributed by atoms with Crippen LogP contribution in [0.1, 0.15) is 18.4 Å². The zero-order chi connectivity index (χ0) is 18.4. The standard InChI is InChI=1S/C21H25Cl2N2O/c1-17-7-9-18(10-8-17)26-16-3-2-11-24-12-14-25(15-13-24)20-6-4-5-19(22)21(20)23/h4-10H,1-3,11-16H2. The maximum absolute atomic E-state index is 6.34. The first-order valence-electron chi connectivity index (χ1n) is 9.09. The highest BCUT2D eigenvalue weighted by Gasteiger charge is 2.19. The van der Waals surface area contributed by atoms with Gasteiger partial charge in [0.15, 0.2) is 0 Å². The molecule has 26 heavy (non-hydrogen) atoms. The third-order valence-corrected chi connectivity index (χ3v) is 5.51. The van der Waals surface area contributed by atoms with Crippen LogP contribution >= 0.6 is 23.2 Å². The third-order valence-electron chi connectivity index (χ3n) is 4.70. The lowest BCUT2D eigenvalue weighted by Gasteiger charge is -2.36. The Hall–Kier alpha value is -1.42. The minimum absolute atomic E-state index is 0.622. The van der Waals surface area contributed by atoms with E-state index in [1.54, 1.807) is 0 Å². The first-order chi connectivity index (χ1) is 12.6. The topological polar surface area (TPSA) is 15.7 Å². The van der Waals surface area contributed by atoms with Crippen molar-refractivity contribution < 1.29 is 4.74 Å². The number of anilines is 1. The molecule has 1 aliphatic rings. The molecule has 1 aliphatic heterocycles. The molecule has 0 atom stereocenters. The average Bonchev–Trinajstić information content (AvgIpc) is 2.66. The highest BCUT2D eigenvalue weighted by Crippen LogP contribution is 2.32. The van der Waals surface area contributed by atoms with Crippen LogP contribution in [0.25, 0.3) is 0 Å². The van der Waals surface area contributed by atoms with Crippen LogP contribution in [0.3, 0.4) is 0 Å². The number of halogens is 2. The molecule has 0 amide bonds. The average molecular weight is 392 g/mol. The quantitative estimate of drug-likeness (QED) is 0.606. The molecule has 3 rings (SSSR count). The molecule has 1 heterocycles. The van der Waals surface area contributed by atoms with Gasteiger partial charge >= 0.3 is 0 Å². The molecule has 139 valence electrons. The summed E-state index contributed by atoms with van der Waals surface area (Å²) in [5.74, 6) is 0.921. The summed E-state index contributed by atoms with van der Waals surface area (Å²) in [4.78, 5) is 4.83. The van der Waals surface area contributed by atoms with E-state index in [2.05, 4.69) is 16.7 Å². The van der Waals surface area contributed by atoms with Crippen LogP contribution in [0.15, 0.2) is 42.5 Å². The Balaban J connectivity index is 1.34. The molecule has 5 heteroatoms. The lowest BCUT2D eigenvalue weighted by molar-refractivity contribution is 0.238. The van der Waals surface area contributed by atoms with E-state index < -0.39 is 0 Å². The van der Waals surface area contributed by atoms with E-state index in [0.717, 1.165) is 69.2 Å². The van der Waals surface area contributed by atoms with E-state index in [1.807, 2.05) is 42.5 Å². The van der Waals surface area contributed by atoms with E-state index >= 15 is 0 Å². The maximum Gasteiger partial charge on any atom is 0.119 e. The van der Waals surface area contributed by atoms with E-state index in [0.29, 0.717) is 10.0 Å². The fraction of sp³-hybridized carbons (Fsp3) is 0.381. The van der Waals surface area contributed by atoms with Crippen LogP contribution in [-0.4, -0.2) is 44.2 Å². The molecule has 0 aromatic heterocycles. The molecular weight excluding hydrogens is 367 g/mol. The molecule has 0 N–H and O–H groups in total. The Morgan fingerprint density at radius 3 is 2.38 bits per heavy atom. The van der Waals surface area contributed by atoms with Crippen molar-refractivity contribution >= 4 is 28.9 Å². The molecule has 2 aromatic carbocycles. The van der Waals surface area contributed by atoms with Gasteiger partial charge in [0, 0.05) is 26.2 Å². The van der Waals surface area contributed by atoms with Gasteiger partial charge in [-0.25, -0.2) is 0 Å². The van der Waals surface area contributed by atoms with Gasteiger partial charge in [0.25, 0.3) is 0 Å². The van der Waals surface area contributed by atoms with Gasteiger partial charge in [0.2, 0.25) is 0 Å². The Morgan fingerprint density at radius 1 is 0.923 bits per heavy atom. The second-order valence-corrected chi connectivity index (χ2v) is 7.39. The van der Waals surface area contributed by atoms with Crippen molar-refractivity contribution in [3.63, 3.8) is 0 Å². The predicted molar refractivity (Wildman–Crippen MR) is 111 cm³/mol. The van der Waals surface area contributed by atoms with Crippen LogP contribution in [0, 0.1) is 6.92 Å². The summed E-state index contributed by atoms with van der Waals surface area (Å²) in [6.45, 7) is 9.81. The van der Waals surface area contributed by atoms with Crippen molar-refractivity contribution in [2.24, 2.45) is 0 Å².